The van der Waals surface area contributed by atoms with Crippen LogP contribution in [0.1, 0.15) is 86.0 Å². The molecule has 0 saturated heterocycles. The molecule has 33 heavy (non-hydrogen) atoms. The van der Waals surface area contributed by atoms with Crippen molar-refractivity contribution in [3.63, 3.8) is 0 Å². The maximum Gasteiger partial charge on any atom is 0.201 e. The van der Waals surface area contributed by atoms with Crippen molar-refractivity contribution in [1.82, 2.24) is 0 Å². The Morgan fingerprint density at radius 3 is 2.06 bits per heavy atom. The summed E-state index contributed by atoms with van der Waals surface area (Å²) in [4.78, 5) is 0. The Morgan fingerprint density at radius 1 is 1.06 bits per heavy atom. The number of aliphatic hydroxyl groups excluding tert-OH is 1. The largest absolute Gasteiger partial charge is 0.469 e. The summed E-state index contributed by atoms with van der Waals surface area (Å²) >= 11 is 0. The van der Waals surface area contributed by atoms with Crippen LogP contribution in [0, 0.1) is 5.92 Å². The number of hydrogen-bond donors (Lipinski definition) is 1. The van der Waals surface area contributed by atoms with Crippen molar-refractivity contribution < 1.29 is 18.4 Å². The second-order valence-corrected chi connectivity index (χ2v) is 22.7. The van der Waals surface area contributed by atoms with Crippen molar-refractivity contribution >= 4 is 16.6 Å². The van der Waals surface area contributed by atoms with E-state index in [0.717, 1.165) is 16.9 Å². The molecule has 0 amide bonds. The van der Waals surface area contributed by atoms with Crippen LogP contribution >= 0.6 is 0 Å². The Kier molecular flexibility index (Phi) is 9.11. The highest BCUT2D eigenvalue weighted by Gasteiger charge is 2.55. The molecule has 1 heterocycles. The van der Waals surface area contributed by atoms with Gasteiger partial charge >= 0.3 is 0 Å². The molecule has 0 radical (unpaired) electrons. The van der Waals surface area contributed by atoms with Gasteiger partial charge in [-0.2, -0.15) is 0 Å². The fourth-order valence-corrected chi connectivity index (χ4v) is 12.1. The van der Waals surface area contributed by atoms with E-state index in [1.54, 1.807) is 6.26 Å². The lowest BCUT2D eigenvalue weighted by molar-refractivity contribution is 0.0631. The maximum absolute atomic E-state index is 9.76. The molecule has 1 fully saturated rings. The summed E-state index contributed by atoms with van der Waals surface area (Å²) in [5.41, 5.74) is 3.72. The van der Waals surface area contributed by atoms with Gasteiger partial charge in [-0.1, -0.05) is 68.9 Å². The molecule has 4 nitrogen and oxygen atoms in total. The van der Waals surface area contributed by atoms with Crippen molar-refractivity contribution in [2.24, 2.45) is 5.92 Å². The fourth-order valence-electron chi connectivity index (χ4n) is 5.60. The minimum absolute atomic E-state index is 0.0572. The minimum atomic E-state index is -2.09. The molecule has 6 heteroatoms. The van der Waals surface area contributed by atoms with Crippen LogP contribution in [0.5, 0.6) is 0 Å². The van der Waals surface area contributed by atoms with Crippen LogP contribution in [0.25, 0.3) is 0 Å². The first-order chi connectivity index (χ1) is 15.1. The third-order valence-corrected chi connectivity index (χ3v) is 19.1. The molecule has 1 aliphatic carbocycles. The van der Waals surface area contributed by atoms with Crippen molar-refractivity contribution in [2.75, 3.05) is 6.61 Å². The summed E-state index contributed by atoms with van der Waals surface area (Å²) in [7, 11) is -3.97. The summed E-state index contributed by atoms with van der Waals surface area (Å²) in [5.74, 6) is 1.22. The third kappa shape index (κ3) is 5.45. The predicted octanol–water partition coefficient (Wildman–Crippen LogP) is 8.01. The lowest BCUT2D eigenvalue weighted by Crippen LogP contribution is -2.56. The fraction of sp³-hybridized carbons (Fsp3) is 0.778. The van der Waals surface area contributed by atoms with E-state index in [2.05, 4.69) is 88.1 Å². The van der Waals surface area contributed by atoms with Crippen molar-refractivity contribution in [1.29, 1.82) is 0 Å². The summed E-state index contributed by atoms with van der Waals surface area (Å²) in [6, 6.07) is 2.05. The van der Waals surface area contributed by atoms with E-state index in [1.807, 2.05) is 0 Å². The zero-order valence-electron chi connectivity index (χ0n) is 23.1. The van der Waals surface area contributed by atoms with E-state index >= 15 is 0 Å². The van der Waals surface area contributed by atoms with Crippen LogP contribution in [-0.2, 0) is 15.5 Å². The summed E-state index contributed by atoms with van der Waals surface area (Å²) in [5, 5.41) is 9.92. The van der Waals surface area contributed by atoms with E-state index in [-0.39, 0.29) is 29.6 Å². The quantitative estimate of drug-likeness (QED) is 0.250. The summed E-state index contributed by atoms with van der Waals surface area (Å²) < 4.78 is 19.9. The molecular weight excluding hydrogens is 444 g/mol. The first-order valence-corrected chi connectivity index (χ1v) is 17.8. The molecule has 0 bridgehead atoms. The molecule has 1 aliphatic rings. The van der Waals surface area contributed by atoms with E-state index in [4.69, 9.17) is 13.3 Å². The number of furan rings is 1. The number of aliphatic hydroxyl groups is 1. The first-order valence-electron chi connectivity index (χ1n) is 12.8. The van der Waals surface area contributed by atoms with Gasteiger partial charge in [0.25, 0.3) is 0 Å². The van der Waals surface area contributed by atoms with Gasteiger partial charge in [0.2, 0.25) is 8.32 Å². The van der Waals surface area contributed by atoms with Crippen molar-refractivity contribution in [3.05, 3.63) is 35.8 Å². The van der Waals surface area contributed by atoms with E-state index in [9.17, 15) is 5.11 Å². The van der Waals surface area contributed by atoms with Crippen LogP contribution in [-0.4, -0.2) is 34.5 Å². The normalized spacial score (nSPS) is 22.5. The molecule has 3 atom stereocenters. The predicted molar refractivity (Wildman–Crippen MR) is 144 cm³/mol. The SMILES string of the molecule is C=C1[C@H](CCO)[C@@H](c2occc2CO[Si](C)(C)C(C)(C)C)[C@H]1O[Si](C(C)C)(C(C)C)C(C)C. The van der Waals surface area contributed by atoms with Crippen LogP contribution in [0.15, 0.2) is 28.9 Å². The van der Waals surface area contributed by atoms with Gasteiger partial charge in [-0.3, -0.25) is 0 Å². The zero-order chi connectivity index (χ0) is 25.4. The highest BCUT2D eigenvalue weighted by Crippen LogP contribution is 2.55. The molecule has 0 spiro atoms. The highest BCUT2D eigenvalue weighted by molar-refractivity contribution is 6.77. The Labute approximate surface area is 205 Å². The highest BCUT2D eigenvalue weighted by atomic mass is 28.4. The smallest absolute Gasteiger partial charge is 0.201 e. The summed E-state index contributed by atoms with van der Waals surface area (Å²) in [6.07, 6.45) is 2.41. The van der Waals surface area contributed by atoms with Crippen LogP contribution < -0.4 is 0 Å². The molecule has 1 N–H and O–H groups in total. The average Bonchev–Trinajstić information content (AvgIpc) is 3.13. The molecule has 0 unspecified atom stereocenters. The molecule has 1 aromatic heterocycles. The molecule has 190 valence electrons. The summed E-state index contributed by atoms with van der Waals surface area (Å²) in [6.45, 7) is 30.4. The molecule has 0 aromatic carbocycles. The zero-order valence-corrected chi connectivity index (χ0v) is 25.1. The van der Waals surface area contributed by atoms with Gasteiger partial charge in [0.1, 0.15) is 5.76 Å². The van der Waals surface area contributed by atoms with Gasteiger partial charge in [-0.05, 0) is 58.7 Å². The molecule has 1 aromatic rings. The van der Waals surface area contributed by atoms with Gasteiger partial charge in [-0.15, -0.1) is 0 Å². The standard InChI is InChI=1S/C27H50O4Si2/c1-18(2)33(19(3)4,20(5)6)31-25-21(7)23(13-15-28)24(25)26-22(14-16-29-26)17-30-32(11,12)27(8,9)10/h14,16,18-20,23-25,28H,7,13,15,17H2,1-6,8-12H3/t23-,24+,25-/m0/s1. The lowest BCUT2D eigenvalue weighted by atomic mass is 9.64. The molecular formula is C27H50O4Si2. The second-order valence-electron chi connectivity index (χ2n) is 12.4. The van der Waals surface area contributed by atoms with Crippen molar-refractivity contribution in [3.8, 4) is 0 Å². The third-order valence-electron chi connectivity index (χ3n) is 8.56. The van der Waals surface area contributed by atoms with Gasteiger partial charge in [0.05, 0.1) is 24.9 Å². The van der Waals surface area contributed by atoms with Crippen LogP contribution in [0.3, 0.4) is 0 Å². The second kappa shape index (κ2) is 10.5. The van der Waals surface area contributed by atoms with E-state index < -0.39 is 16.6 Å². The Balaban J connectivity index is 2.39. The van der Waals surface area contributed by atoms with E-state index in [1.165, 1.54) is 0 Å². The maximum atomic E-state index is 9.76. The Bertz CT molecular complexity index is 767. The monoisotopic (exact) mass is 494 g/mol. The van der Waals surface area contributed by atoms with Gasteiger partial charge < -0.3 is 18.4 Å². The Morgan fingerprint density at radius 2 is 1.61 bits per heavy atom. The van der Waals surface area contributed by atoms with E-state index in [0.29, 0.717) is 29.7 Å². The topological polar surface area (TPSA) is 51.8 Å². The molecule has 2 rings (SSSR count). The molecule has 1 saturated carbocycles. The molecule has 0 aliphatic heterocycles. The number of hydrogen-bond acceptors (Lipinski definition) is 4. The van der Waals surface area contributed by atoms with Gasteiger partial charge in [0, 0.05) is 12.2 Å². The van der Waals surface area contributed by atoms with Gasteiger partial charge in [0.15, 0.2) is 8.32 Å². The Hall–Kier alpha value is -0.666. The lowest BCUT2D eigenvalue weighted by Gasteiger charge is -2.53. The minimum Gasteiger partial charge on any atom is -0.469 e. The van der Waals surface area contributed by atoms with Crippen LogP contribution in [0.2, 0.25) is 34.8 Å². The van der Waals surface area contributed by atoms with Crippen LogP contribution in [0.4, 0.5) is 0 Å². The average molecular weight is 495 g/mol. The first kappa shape index (κ1) is 28.6. The van der Waals surface area contributed by atoms with Crippen molar-refractivity contribution in [2.45, 2.75) is 122 Å². The number of rotatable bonds is 11. The van der Waals surface area contributed by atoms with Gasteiger partial charge in [-0.25, -0.2) is 0 Å².